The van der Waals surface area contributed by atoms with Gasteiger partial charge in [-0.2, -0.15) is 5.10 Å². The van der Waals surface area contributed by atoms with E-state index in [1.165, 1.54) is 18.4 Å². The number of aryl methyl sites for hydroxylation is 1. The Labute approximate surface area is 203 Å². The molecular formula is C25H30N8O2. The molecule has 0 spiro atoms. The summed E-state index contributed by atoms with van der Waals surface area (Å²) in [5, 5.41) is 10.4. The van der Waals surface area contributed by atoms with E-state index in [9.17, 15) is 9.59 Å². The molecule has 1 aliphatic heterocycles. The minimum atomic E-state index is -0.667. The number of nitrogens with zero attached hydrogens (tertiary/aromatic N) is 5. The van der Waals surface area contributed by atoms with E-state index in [0.717, 1.165) is 12.8 Å². The second-order valence-corrected chi connectivity index (χ2v) is 9.46. The van der Waals surface area contributed by atoms with Crippen molar-refractivity contribution in [2.24, 2.45) is 12.8 Å². The Bertz CT molecular complexity index is 1230. The molecule has 5 rings (SSSR count). The monoisotopic (exact) mass is 474 g/mol. The number of rotatable bonds is 7. The first-order chi connectivity index (χ1) is 16.9. The lowest BCUT2D eigenvalue weighted by Crippen LogP contribution is -2.51. The Morgan fingerprint density at radius 1 is 1.09 bits per heavy atom. The molecule has 10 heteroatoms. The maximum atomic E-state index is 12.9. The summed E-state index contributed by atoms with van der Waals surface area (Å²) in [6.45, 7) is 2.70. The van der Waals surface area contributed by atoms with Crippen LogP contribution in [0.3, 0.4) is 0 Å². The first-order valence-electron chi connectivity index (χ1n) is 12.0. The van der Waals surface area contributed by atoms with E-state index in [0.29, 0.717) is 29.5 Å². The van der Waals surface area contributed by atoms with Gasteiger partial charge in [0.25, 0.3) is 11.8 Å². The molecule has 2 fully saturated rings. The Morgan fingerprint density at radius 3 is 2.51 bits per heavy atom. The maximum absolute atomic E-state index is 12.9. The fourth-order valence-corrected chi connectivity index (χ4v) is 4.54. The number of carbonyl (C=O) groups excluding carboxylic acids is 2. The third-order valence-electron chi connectivity index (χ3n) is 6.69. The molecule has 1 saturated heterocycles. The average Bonchev–Trinajstić information content (AvgIpc) is 3.62. The predicted molar refractivity (Wildman–Crippen MR) is 133 cm³/mol. The van der Waals surface area contributed by atoms with Gasteiger partial charge < -0.3 is 21.3 Å². The van der Waals surface area contributed by atoms with E-state index < -0.39 is 5.91 Å². The number of nitrogens with one attached hydrogen (secondary N) is 2. The molecule has 0 radical (unpaired) electrons. The molecule has 1 aromatic carbocycles. The Kier molecular flexibility index (Phi) is 6.10. The van der Waals surface area contributed by atoms with Crippen molar-refractivity contribution in [3.63, 3.8) is 0 Å². The van der Waals surface area contributed by atoms with Crippen molar-refractivity contribution in [1.29, 1.82) is 0 Å². The lowest BCUT2D eigenvalue weighted by Gasteiger charge is -2.39. The molecule has 2 aliphatic rings. The third kappa shape index (κ3) is 5.11. The number of piperidine rings is 1. The van der Waals surface area contributed by atoms with Crippen LogP contribution in [-0.4, -0.2) is 50.2 Å². The van der Waals surface area contributed by atoms with Crippen LogP contribution in [0, 0.1) is 0 Å². The summed E-state index contributed by atoms with van der Waals surface area (Å²) in [5.74, 6) is 0.819. The van der Waals surface area contributed by atoms with Crippen molar-refractivity contribution < 1.29 is 9.59 Å². The first kappa shape index (κ1) is 22.8. The first-order valence-corrected chi connectivity index (χ1v) is 12.0. The Hall–Kier alpha value is -3.95. The standard InChI is InChI=1S/C25H30N8O2/c1-15-3-10-19(30-25(35)18-8-6-17(7-9-18)16-4-5-16)14-33(15)21-12-27-22(23(26)34)24(31-21)29-20-11-28-32(2)13-20/h6-9,11-13,15-16,19H,3-5,10,14H2,1-2H3,(H2,26,34)(H,29,31)(H,30,35)/t15-,19-/m1/s1. The number of anilines is 3. The van der Waals surface area contributed by atoms with Crippen LogP contribution in [-0.2, 0) is 7.05 Å². The van der Waals surface area contributed by atoms with Gasteiger partial charge in [-0.05, 0) is 56.2 Å². The summed E-state index contributed by atoms with van der Waals surface area (Å²) in [6, 6.07) is 8.12. The third-order valence-corrected chi connectivity index (χ3v) is 6.69. The molecule has 10 nitrogen and oxygen atoms in total. The minimum absolute atomic E-state index is 0.0332. The van der Waals surface area contributed by atoms with E-state index in [4.69, 9.17) is 5.73 Å². The fourth-order valence-electron chi connectivity index (χ4n) is 4.54. The van der Waals surface area contributed by atoms with Gasteiger partial charge in [0, 0.05) is 37.4 Å². The summed E-state index contributed by atoms with van der Waals surface area (Å²) >= 11 is 0. The minimum Gasteiger partial charge on any atom is -0.364 e. The van der Waals surface area contributed by atoms with Gasteiger partial charge in [0.1, 0.15) is 5.82 Å². The molecule has 2 aromatic heterocycles. The summed E-state index contributed by atoms with van der Waals surface area (Å²) < 4.78 is 1.64. The molecule has 4 N–H and O–H groups in total. The highest BCUT2D eigenvalue weighted by Crippen LogP contribution is 2.39. The van der Waals surface area contributed by atoms with Crippen molar-refractivity contribution >= 4 is 29.1 Å². The molecule has 182 valence electrons. The van der Waals surface area contributed by atoms with E-state index in [-0.39, 0.29) is 29.5 Å². The highest BCUT2D eigenvalue weighted by Gasteiger charge is 2.29. The zero-order valence-electron chi connectivity index (χ0n) is 19.9. The van der Waals surface area contributed by atoms with Gasteiger partial charge in [-0.3, -0.25) is 14.3 Å². The number of carbonyl (C=O) groups is 2. The van der Waals surface area contributed by atoms with Crippen molar-refractivity contribution in [2.45, 2.75) is 50.6 Å². The molecule has 3 aromatic rings. The molecule has 0 unspecified atom stereocenters. The number of primary amides is 1. The molecule has 35 heavy (non-hydrogen) atoms. The van der Waals surface area contributed by atoms with E-state index >= 15 is 0 Å². The molecule has 3 heterocycles. The molecule has 1 saturated carbocycles. The van der Waals surface area contributed by atoms with Gasteiger partial charge in [0.05, 0.1) is 18.1 Å². The SMILES string of the molecule is C[C@@H]1CC[C@@H](NC(=O)c2ccc(C3CC3)cc2)CN1c1cnc(C(N)=O)c(Nc2cnn(C)c2)n1. The van der Waals surface area contributed by atoms with Gasteiger partial charge in [0.2, 0.25) is 0 Å². The summed E-state index contributed by atoms with van der Waals surface area (Å²) in [4.78, 5) is 35.9. The Balaban J connectivity index is 1.31. The summed E-state index contributed by atoms with van der Waals surface area (Å²) in [7, 11) is 1.80. The quantitative estimate of drug-likeness (QED) is 0.480. The average molecular weight is 475 g/mol. The van der Waals surface area contributed by atoms with Crippen molar-refractivity contribution in [1.82, 2.24) is 25.1 Å². The summed E-state index contributed by atoms with van der Waals surface area (Å²) in [6.07, 6.45) is 9.20. The van der Waals surface area contributed by atoms with Crippen LogP contribution >= 0.6 is 0 Å². The number of hydrogen-bond donors (Lipinski definition) is 3. The Morgan fingerprint density at radius 2 is 1.86 bits per heavy atom. The van der Waals surface area contributed by atoms with E-state index in [1.807, 2.05) is 12.1 Å². The number of benzene rings is 1. The van der Waals surface area contributed by atoms with Gasteiger partial charge in [-0.15, -0.1) is 0 Å². The van der Waals surface area contributed by atoms with Crippen LogP contribution < -0.4 is 21.3 Å². The van der Waals surface area contributed by atoms with Crippen molar-refractivity contribution in [3.05, 3.63) is 59.7 Å². The van der Waals surface area contributed by atoms with Crippen molar-refractivity contribution in [3.8, 4) is 0 Å². The lowest BCUT2D eigenvalue weighted by molar-refractivity contribution is 0.0930. The second-order valence-electron chi connectivity index (χ2n) is 9.46. The smallest absolute Gasteiger partial charge is 0.271 e. The number of hydrogen-bond acceptors (Lipinski definition) is 7. The van der Waals surface area contributed by atoms with Crippen LogP contribution in [0.25, 0.3) is 0 Å². The van der Waals surface area contributed by atoms with Crippen molar-refractivity contribution in [2.75, 3.05) is 16.8 Å². The van der Waals surface area contributed by atoms with Gasteiger partial charge >= 0.3 is 0 Å². The van der Waals surface area contributed by atoms with Crippen LogP contribution in [0.4, 0.5) is 17.3 Å². The van der Waals surface area contributed by atoms with Crippen LogP contribution in [0.2, 0.25) is 0 Å². The van der Waals surface area contributed by atoms with Gasteiger partial charge in [-0.1, -0.05) is 12.1 Å². The molecular weight excluding hydrogens is 444 g/mol. The highest BCUT2D eigenvalue weighted by atomic mass is 16.2. The normalized spacial score (nSPS) is 19.9. The van der Waals surface area contributed by atoms with Gasteiger partial charge in [0.15, 0.2) is 11.5 Å². The topological polar surface area (TPSA) is 131 Å². The zero-order chi connectivity index (χ0) is 24.5. The predicted octanol–water partition coefficient (Wildman–Crippen LogP) is 2.72. The number of amides is 2. The second kappa shape index (κ2) is 9.36. The largest absolute Gasteiger partial charge is 0.364 e. The van der Waals surface area contributed by atoms with Crippen LogP contribution in [0.15, 0.2) is 42.9 Å². The summed E-state index contributed by atoms with van der Waals surface area (Å²) in [5.41, 5.74) is 8.24. The fraction of sp³-hybridized carbons (Fsp3) is 0.400. The van der Waals surface area contributed by atoms with E-state index in [1.54, 1.807) is 30.3 Å². The zero-order valence-corrected chi connectivity index (χ0v) is 19.9. The molecule has 2 atom stereocenters. The van der Waals surface area contributed by atoms with E-state index in [2.05, 4.69) is 49.7 Å². The molecule has 2 amide bonds. The molecule has 1 aliphatic carbocycles. The lowest BCUT2D eigenvalue weighted by atomic mass is 9.99. The number of nitrogens with two attached hydrogens (primary N) is 1. The maximum Gasteiger partial charge on any atom is 0.271 e. The van der Waals surface area contributed by atoms with Crippen LogP contribution in [0.5, 0.6) is 0 Å². The molecule has 0 bridgehead atoms. The van der Waals surface area contributed by atoms with Gasteiger partial charge in [-0.25, -0.2) is 9.97 Å². The number of aromatic nitrogens is 4. The van der Waals surface area contributed by atoms with Crippen LogP contribution in [0.1, 0.15) is 64.9 Å². The highest BCUT2D eigenvalue weighted by molar-refractivity contribution is 5.96.